The molecular weight excluding hydrogens is 390 g/mol. The lowest BCUT2D eigenvalue weighted by Crippen LogP contribution is -2.40. The van der Waals surface area contributed by atoms with Gasteiger partial charge >= 0.3 is 6.03 Å². The highest BCUT2D eigenvalue weighted by Crippen LogP contribution is 2.35. The highest BCUT2D eigenvalue weighted by molar-refractivity contribution is 14.1. The minimum Gasteiger partial charge on any atom is -0.505 e. The van der Waals surface area contributed by atoms with Crippen LogP contribution in [0.5, 0.6) is 5.75 Å². The van der Waals surface area contributed by atoms with Gasteiger partial charge in [0.2, 0.25) is 0 Å². The number of carbonyl (C=O) groups excluding carboxylic acids is 1. The lowest BCUT2D eigenvalue weighted by Gasteiger charge is -2.29. The van der Waals surface area contributed by atoms with Crippen molar-refractivity contribution in [3.63, 3.8) is 0 Å². The minimum atomic E-state index is -0.310. The number of halogens is 3. The van der Waals surface area contributed by atoms with Gasteiger partial charge in [-0.05, 0) is 32.9 Å². The normalized spacial score (nSPS) is 11.2. The molecule has 0 atom stereocenters. The third-order valence-corrected chi connectivity index (χ3v) is 4.50. The van der Waals surface area contributed by atoms with Gasteiger partial charge in [-0.25, -0.2) is 4.79 Å². The summed E-state index contributed by atoms with van der Waals surface area (Å²) in [5, 5.41) is 12.3. The van der Waals surface area contributed by atoms with Crippen LogP contribution in [0.1, 0.15) is 20.8 Å². The van der Waals surface area contributed by atoms with E-state index in [0.29, 0.717) is 5.69 Å². The van der Waals surface area contributed by atoms with Gasteiger partial charge in [-0.1, -0.05) is 23.2 Å². The highest BCUT2D eigenvalue weighted by atomic mass is 127. The van der Waals surface area contributed by atoms with Crippen molar-refractivity contribution in [3.05, 3.63) is 22.2 Å². The molecule has 1 aromatic carbocycles. The Kier molecular flexibility index (Phi) is 4.97. The van der Waals surface area contributed by atoms with Gasteiger partial charge in [-0.15, -0.1) is 0 Å². The fourth-order valence-electron chi connectivity index (χ4n) is 1.11. The summed E-state index contributed by atoms with van der Waals surface area (Å²) in [6.07, 6.45) is 0. The Morgan fingerprint density at radius 1 is 1.33 bits per heavy atom. The van der Waals surface area contributed by atoms with Crippen molar-refractivity contribution in [2.75, 3.05) is 5.32 Å². The summed E-state index contributed by atoms with van der Waals surface area (Å²) in [5.74, 6) is -0.196. The number of amides is 2. The predicted octanol–water partition coefficient (Wildman–Crippen LogP) is 4.68. The van der Waals surface area contributed by atoms with Crippen molar-refractivity contribution in [1.29, 1.82) is 0 Å². The summed E-state index contributed by atoms with van der Waals surface area (Å²) in [5.41, 5.74) is 0.119. The van der Waals surface area contributed by atoms with E-state index in [2.05, 4.69) is 5.32 Å². The number of nitrogens with zero attached hydrogens (tertiary/aromatic N) is 1. The number of carbonyl (C=O) groups is 1. The van der Waals surface area contributed by atoms with Crippen molar-refractivity contribution >= 4 is 57.8 Å². The second-order valence-corrected chi connectivity index (χ2v) is 6.45. The third-order valence-electron chi connectivity index (χ3n) is 2.04. The number of hydrogen-bond acceptors (Lipinski definition) is 2. The smallest absolute Gasteiger partial charge is 0.331 e. The summed E-state index contributed by atoms with van der Waals surface area (Å²) in [4.78, 5) is 11.9. The van der Waals surface area contributed by atoms with E-state index in [1.54, 1.807) is 0 Å². The summed E-state index contributed by atoms with van der Waals surface area (Å²) < 4.78 is 1.53. The molecule has 0 heterocycles. The molecule has 7 heteroatoms. The standard InChI is InChI=1S/C11H13Cl2IN2O2/c1-11(2,3)16(14)10(18)15-6-4-7(12)9(17)8(13)5-6/h4-5,17H,1-3H3,(H,15,18). The lowest BCUT2D eigenvalue weighted by atomic mass is 10.1. The fraction of sp³-hybridized carbons (Fsp3) is 0.364. The summed E-state index contributed by atoms with van der Waals surface area (Å²) in [6, 6.07) is 2.59. The Hall–Kier alpha value is -0.400. The predicted molar refractivity (Wildman–Crippen MR) is 82.8 cm³/mol. The van der Waals surface area contributed by atoms with Crippen LogP contribution in [0.25, 0.3) is 0 Å². The van der Waals surface area contributed by atoms with Crippen molar-refractivity contribution in [3.8, 4) is 5.75 Å². The number of phenolic OH excluding ortho intramolecular Hbond substituents is 1. The monoisotopic (exact) mass is 402 g/mol. The zero-order valence-corrected chi connectivity index (χ0v) is 13.8. The van der Waals surface area contributed by atoms with Gasteiger partial charge < -0.3 is 10.4 Å². The first-order chi connectivity index (χ1) is 8.12. The number of hydrogen-bond donors (Lipinski definition) is 2. The molecule has 1 rings (SSSR count). The fourth-order valence-corrected chi connectivity index (χ4v) is 1.72. The largest absolute Gasteiger partial charge is 0.505 e. The van der Waals surface area contributed by atoms with E-state index in [-0.39, 0.29) is 27.4 Å². The van der Waals surface area contributed by atoms with E-state index < -0.39 is 0 Å². The lowest BCUT2D eigenvalue weighted by molar-refractivity contribution is 0.222. The Labute approximate surface area is 130 Å². The summed E-state index contributed by atoms with van der Waals surface area (Å²) in [7, 11) is 0. The third kappa shape index (κ3) is 3.80. The number of urea groups is 1. The SMILES string of the molecule is CC(C)(C)N(I)C(=O)Nc1cc(Cl)c(O)c(Cl)c1. The van der Waals surface area contributed by atoms with E-state index in [1.807, 2.05) is 43.6 Å². The van der Waals surface area contributed by atoms with Crippen LogP contribution in [0.4, 0.5) is 10.5 Å². The summed E-state index contributed by atoms with van der Waals surface area (Å²) >= 11 is 13.5. The molecular formula is C11H13Cl2IN2O2. The molecule has 0 unspecified atom stereocenters. The number of aromatic hydroxyl groups is 1. The van der Waals surface area contributed by atoms with Crippen LogP contribution in [0.2, 0.25) is 10.0 Å². The molecule has 0 bridgehead atoms. The average Bonchev–Trinajstić information content (AvgIpc) is 2.23. The molecule has 2 amide bonds. The van der Waals surface area contributed by atoms with E-state index >= 15 is 0 Å². The van der Waals surface area contributed by atoms with E-state index in [1.165, 1.54) is 15.2 Å². The molecule has 2 N–H and O–H groups in total. The molecule has 1 aromatic rings. The Bertz CT molecular complexity index is 452. The molecule has 100 valence electrons. The average molecular weight is 403 g/mol. The van der Waals surface area contributed by atoms with E-state index in [4.69, 9.17) is 23.2 Å². The number of anilines is 1. The Morgan fingerprint density at radius 3 is 2.17 bits per heavy atom. The molecule has 0 fully saturated rings. The molecule has 0 saturated carbocycles. The van der Waals surface area contributed by atoms with Crippen LogP contribution in [-0.2, 0) is 0 Å². The molecule has 4 nitrogen and oxygen atoms in total. The first kappa shape index (κ1) is 15.7. The molecule has 0 radical (unpaired) electrons. The van der Waals surface area contributed by atoms with Gasteiger partial charge in [-0.2, -0.15) is 0 Å². The van der Waals surface area contributed by atoms with Gasteiger partial charge in [0.25, 0.3) is 0 Å². The Morgan fingerprint density at radius 2 is 1.78 bits per heavy atom. The van der Waals surface area contributed by atoms with Gasteiger partial charge in [0.05, 0.1) is 32.9 Å². The maximum atomic E-state index is 11.9. The second-order valence-electron chi connectivity index (χ2n) is 4.67. The van der Waals surface area contributed by atoms with Crippen LogP contribution >= 0.6 is 46.1 Å². The van der Waals surface area contributed by atoms with Crippen molar-refractivity contribution in [1.82, 2.24) is 3.11 Å². The second kappa shape index (κ2) is 5.71. The topological polar surface area (TPSA) is 52.6 Å². The molecule has 18 heavy (non-hydrogen) atoms. The number of nitrogens with one attached hydrogen (secondary N) is 1. The van der Waals surface area contributed by atoms with E-state index in [0.717, 1.165) is 0 Å². The van der Waals surface area contributed by atoms with Crippen molar-refractivity contribution < 1.29 is 9.90 Å². The van der Waals surface area contributed by atoms with Gasteiger partial charge in [0, 0.05) is 11.2 Å². The van der Waals surface area contributed by atoms with Gasteiger partial charge in [-0.3, -0.25) is 3.11 Å². The van der Waals surface area contributed by atoms with Crippen LogP contribution in [0.3, 0.4) is 0 Å². The first-order valence-electron chi connectivity index (χ1n) is 5.08. The minimum absolute atomic E-state index is 0.0913. The molecule has 0 aliphatic heterocycles. The van der Waals surface area contributed by atoms with E-state index in [9.17, 15) is 9.90 Å². The van der Waals surface area contributed by atoms with Crippen LogP contribution in [0.15, 0.2) is 12.1 Å². The molecule has 0 aliphatic rings. The zero-order chi connectivity index (χ0) is 14.1. The maximum Gasteiger partial charge on any atom is 0.331 e. The quantitative estimate of drug-likeness (QED) is 0.407. The molecule has 0 aromatic heterocycles. The van der Waals surface area contributed by atoms with Crippen LogP contribution < -0.4 is 5.32 Å². The zero-order valence-electron chi connectivity index (χ0n) is 10.1. The highest BCUT2D eigenvalue weighted by Gasteiger charge is 2.24. The van der Waals surface area contributed by atoms with Gasteiger partial charge in [0.1, 0.15) is 0 Å². The molecule has 0 saturated heterocycles. The molecule has 0 spiro atoms. The maximum absolute atomic E-state index is 11.9. The van der Waals surface area contributed by atoms with Crippen molar-refractivity contribution in [2.24, 2.45) is 0 Å². The first-order valence-corrected chi connectivity index (χ1v) is 6.80. The van der Waals surface area contributed by atoms with Crippen LogP contribution in [-0.4, -0.2) is 19.8 Å². The number of benzene rings is 1. The number of phenols is 1. The van der Waals surface area contributed by atoms with Crippen LogP contribution in [0, 0.1) is 0 Å². The van der Waals surface area contributed by atoms with Gasteiger partial charge in [0.15, 0.2) is 5.75 Å². The Balaban J connectivity index is 2.90. The molecule has 0 aliphatic carbocycles. The number of rotatable bonds is 1. The summed E-state index contributed by atoms with van der Waals surface area (Å²) in [6.45, 7) is 5.74. The van der Waals surface area contributed by atoms with Crippen molar-refractivity contribution in [2.45, 2.75) is 26.3 Å².